The maximum Gasteiger partial charge on any atom is 0.208 e. The van der Waals surface area contributed by atoms with Crippen LogP contribution in [0.25, 0.3) is 10.9 Å². The molecule has 6 heteroatoms. The van der Waals surface area contributed by atoms with E-state index in [1.54, 1.807) is 6.20 Å². The van der Waals surface area contributed by atoms with Crippen molar-refractivity contribution in [1.82, 2.24) is 9.88 Å². The molecule has 0 amide bonds. The molecule has 1 saturated heterocycles. The van der Waals surface area contributed by atoms with Crippen LogP contribution in [-0.2, 0) is 9.84 Å². The zero-order valence-electron chi connectivity index (χ0n) is 13.7. The van der Waals surface area contributed by atoms with Gasteiger partial charge in [-0.3, -0.25) is 0 Å². The summed E-state index contributed by atoms with van der Waals surface area (Å²) in [6, 6.07) is 12.8. The van der Waals surface area contributed by atoms with Crippen molar-refractivity contribution < 1.29 is 12.8 Å². The first-order valence-corrected chi connectivity index (χ1v) is 9.86. The molecule has 1 fully saturated rings. The maximum atomic E-state index is 13.2. The molecule has 0 radical (unpaired) electrons. The molecule has 1 aliphatic rings. The van der Waals surface area contributed by atoms with Crippen LogP contribution in [0.15, 0.2) is 64.5 Å². The number of nitrogens with zero attached hydrogens (tertiary/aromatic N) is 1. The minimum atomic E-state index is -3.71. The average Bonchev–Trinajstić information content (AvgIpc) is 3.03. The van der Waals surface area contributed by atoms with Crippen LogP contribution in [-0.4, -0.2) is 26.1 Å². The third-order valence-corrected chi connectivity index (χ3v) is 6.58. The Hall–Kier alpha value is -2.18. The lowest BCUT2D eigenvalue weighted by Crippen LogP contribution is -2.31. The van der Waals surface area contributed by atoms with Crippen molar-refractivity contribution in [3.8, 4) is 0 Å². The number of piperidine rings is 1. The summed E-state index contributed by atoms with van der Waals surface area (Å²) >= 11 is 0. The first-order valence-electron chi connectivity index (χ1n) is 8.38. The Balaban J connectivity index is 1.88. The average molecular weight is 358 g/mol. The molecule has 0 spiro atoms. The van der Waals surface area contributed by atoms with E-state index in [4.69, 9.17) is 0 Å². The number of sulfone groups is 1. The van der Waals surface area contributed by atoms with Gasteiger partial charge in [0.15, 0.2) is 0 Å². The Bertz CT molecular complexity index is 1000. The van der Waals surface area contributed by atoms with Gasteiger partial charge in [0.05, 0.1) is 9.79 Å². The van der Waals surface area contributed by atoms with E-state index in [1.807, 2.05) is 24.3 Å². The summed E-state index contributed by atoms with van der Waals surface area (Å²) in [7, 11) is -3.71. The number of fused-ring (bicyclic) bond motifs is 1. The van der Waals surface area contributed by atoms with Crippen LogP contribution in [0.4, 0.5) is 4.39 Å². The smallest absolute Gasteiger partial charge is 0.208 e. The Kier molecular flexibility index (Phi) is 4.09. The number of hydrogen-bond donors (Lipinski definition) is 1. The third kappa shape index (κ3) is 2.85. The molecule has 3 aromatic rings. The van der Waals surface area contributed by atoms with E-state index in [2.05, 4.69) is 9.88 Å². The molecule has 1 unspecified atom stereocenters. The molecular weight excluding hydrogens is 339 g/mol. The number of hydrogen-bond acceptors (Lipinski definition) is 3. The van der Waals surface area contributed by atoms with Gasteiger partial charge < -0.3 is 9.88 Å². The van der Waals surface area contributed by atoms with Crippen LogP contribution in [0.2, 0.25) is 0 Å². The summed E-state index contributed by atoms with van der Waals surface area (Å²) in [4.78, 5) is 0.388. The molecule has 1 atom stereocenters. The fourth-order valence-electron chi connectivity index (χ4n) is 3.50. The van der Waals surface area contributed by atoms with Crippen molar-refractivity contribution in [2.75, 3.05) is 13.1 Å². The van der Waals surface area contributed by atoms with E-state index in [1.165, 1.54) is 24.3 Å². The van der Waals surface area contributed by atoms with Gasteiger partial charge in [0.2, 0.25) is 9.84 Å². The van der Waals surface area contributed by atoms with Crippen LogP contribution >= 0.6 is 0 Å². The predicted octanol–water partition coefficient (Wildman–Crippen LogP) is 3.54. The first-order chi connectivity index (χ1) is 12.1. The number of para-hydroxylation sites is 1. The minimum Gasteiger partial charge on any atom is -0.342 e. The van der Waals surface area contributed by atoms with Gasteiger partial charge >= 0.3 is 0 Å². The number of halogens is 1. The number of aromatic nitrogens is 1. The fourth-order valence-corrected chi connectivity index (χ4v) is 4.96. The second-order valence-corrected chi connectivity index (χ2v) is 8.29. The molecule has 1 aromatic heterocycles. The summed E-state index contributed by atoms with van der Waals surface area (Å²) < 4.78 is 41.4. The Morgan fingerprint density at radius 1 is 1.08 bits per heavy atom. The molecule has 0 aliphatic carbocycles. The summed E-state index contributed by atoms with van der Waals surface area (Å²) in [5.74, 6) is -0.449. The van der Waals surface area contributed by atoms with E-state index in [0.717, 1.165) is 31.4 Å². The summed E-state index contributed by atoms with van der Waals surface area (Å²) in [6.45, 7) is 1.82. The van der Waals surface area contributed by atoms with Gasteiger partial charge in [-0.15, -0.1) is 0 Å². The highest BCUT2D eigenvalue weighted by Crippen LogP contribution is 2.33. The molecule has 4 rings (SSSR count). The topological polar surface area (TPSA) is 51.1 Å². The lowest BCUT2D eigenvalue weighted by Gasteiger charge is -2.25. The van der Waals surface area contributed by atoms with Gasteiger partial charge in [0.1, 0.15) is 5.82 Å². The van der Waals surface area contributed by atoms with Crippen molar-refractivity contribution in [1.29, 1.82) is 0 Å². The van der Waals surface area contributed by atoms with Crippen molar-refractivity contribution in [3.05, 3.63) is 60.5 Å². The molecule has 0 bridgehead atoms. The van der Waals surface area contributed by atoms with Gasteiger partial charge in [-0.2, -0.15) is 0 Å². The molecule has 25 heavy (non-hydrogen) atoms. The molecule has 1 aliphatic heterocycles. The predicted molar refractivity (Wildman–Crippen MR) is 94.9 cm³/mol. The van der Waals surface area contributed by atoms with Crippen molar-refractivity contribution >= 4 is 20.7 Å². The number of benzene rings is 2. The SMILES string of the molecule is O=S(=O)(c1ccc(F)cc1)c1cn(C2CCCNC2)c2ccccc12. The molecule has 2 aromatic carbocycles. The lowest BCUT2D eigenvalue weighted by atomic mass is 10.1. The van der Waals surface area contributed by atoms with Gasteiger partial charge in [-0.05, 0) is 49.7 Å². The van der Waals surface area contributed by atoms with Gasteiger partial charge in [0.25, 0.3) is 0 Å². The van der Waals surface area contributed by atoms with Crippen LogP contribution in [0.3, 0.4) is 0 Å². The zero-order chi connectivity index (χ0) is 17.4. The van der Waals surface area contributed by atoms with Crippen LogP contribution in [0.5, 0.6) is 0 Å². The van der Waals surface area contributed by atoms with E-state index < -0.39 is 15.7 Å². The Morgan fingerprint density at radius 2 is 1.84 bits per heavy atom. The standard InChI is InChI=1S/C19H19FN2O2S/c20-14-7-9-16(10-8-14)25(23,24)19-13-22(15-4-3-11-21-12-15)18-6-2-1-5-17(18)19/h1-2,5-10,13,15,21H,3-4,11-12H2. The van der Waals surface area contributed by atoms with Gasteiger partial charge in [0, 0.05) is 29.7 Å². The molecule has 4 nitrogen and oxygen atoms in total. The van der Waals surface area contributed by atoms with E-state index in [-0.39, 0.29) is 15.8 Å². The minimum absolute atomic E-state index is 0.110. The lowest BCUT2D eigenvalue weighted by molar-refractivity contribution is 0.378. The monoisotopic (exact) mass is 358 g/mol. The highest BCUT2D eigenvalue weighted by atomic mass is 32.2. The number of rotatable bonds is 3. The summed E-state index contributed by atoms with van der Waals surface area (Å²) in [6.07, 6.45) is 3.82. The van der Waals surface area contributed by atoms with Crippen LogP contribution in [0, 0.1) is 5.82 Å². The molecular formula is C19H19FN2O2S. The normalized spacial score (nSPS) is 18.5. The third-order valence-electron chi connectivity index (χ3n) is 4.78. The van der Waals surface area contributed by atoms with Crippen LogP contribution < -0.4 is 5.32 Å². The van der Waals surface area contributed by atoms with E-state index in [9.17, 15) is 12.8 Å². The summed E-state index contributed by atoms with van der Waals surface area (Å²) in [5.41, 5.74) is 0.914. The second-order valence-electron chi connectivity index (χ2n) is 6.38. The maximum absolute atomic E-state index is 13.2. The largest absolute Gasteiger partial charge is 0.342 e. The van der Waals surface area contributed by atoms with Gasteiger partial charge in [-0.25, -0.2) is 12.8 Å². The van der Waals surface area contributed by atoms with Gasteiger partial charge in [-0.1, -0.05) is 18.2 Å². The van der Waals surface area contributed by atoms with Crippen molar-refractivity contribution in [3.63, 3.8) is 0 Å². The Labute approximate surface area is 146 Å². The summed E-state index contributed by atoms with van der Waals surface area (Å²) in [5, 5.41) is 4.08. The molecule has 130 valence electrons. The molecule has 1 N–H and O–H groups in total. The van der Waals surface area contributed by atoms with E-state index in [0.29, 0.717) is 5.39 Å². The van der Waals surface area contributed by atoms with Crippen LogP contribution in [0.1, 0.15) is 18.9 Å². The molecule has 2 heterocycles. The molecule has 0 saturated carbocycles. The van der Waals surface area contributed by atoms with Crippen molar-refractivity contribution in [2.45, 2.75) is 28.7 Å². The second kappa shape index (κ2) is 6.28. The highest BCUT2D eigenvalue weighted by molar-refractivity contribution is 7.91. The first kappa shape index (κ1) is 16.3. The number of nitrogens with one attached hydrogen (secondary N) is 1. The highest BCUT2D eigenvalue weighted by Gasteiger charge is 2.26. The van der Waals surface area contributed by atoms with E-state index >= 15 is 0 Å². The quantitative estimate of drug-likeness (QED) is 0.729. The Morgan fingerprint density at radius 3 is 2.56 bits per heavy atom. The van der Waals surface area contributed by atoms with Crippen molar-refractivity contribution in [2.24, 2.45) is 0 Å². The zero-order valence-corrected chi connectivity index (χ0v) is 14.5. The fraction of sp³-hybridized carbons (Fsp3) is 0.263.